The summed E-state index contributed by atoms with van der Waals surface area (Å²) in [6.07, 6.45) is 0.0317. The monoisotopic (exact) mass is 377 g/mol. The van der Waals surface area contributed by atoms with Gasteiger partial charge in [0, 0.05) is 23.0 Å². The Balaban J connectivity index is 1.79. The molecule has 1 heterocycles. The molecule has 5 nitrogen and oxygen atoms in total. The number of ether oxygens (including phenoxy) is 2. The Bertz CT molecular complexity index is 764. The molecule has 2 aromatic carbocycles. The second kappa shape index (κ2) is 6.89. The smallest absolute Gasteiger partial charge is 0.148 e. The number of fused-ring (bicyclic) bond motifs is 1. The lowest BCUT2D eigenvalue weighted by Gasteiger charge is -2.11. The normalized spacial score (nSPS) is 15.5. The summed E-state index contributed by atoms with van der Waals surface area (Å²) < 4.78 is 26.1. The molecule has 0 amide bonds. The molecule has 0 spiro atoms. The van der Waals surface area contributed by atoms with E-state index in [4.69, 9.17) is 15.0 Å². The molecule has 0 aromatic heterocycles. The Morgan fingerprint density at radius 1 is 1.39 bits per heavy atom. The number of benzene rings is 2. The fourth-order valence-electron chi connectivity index (χ4n) is 2.43. The van der Waals surface area contributed by atoms with Crippen LogP contribution in [0.2, 0.25) is 0 Å². The van der Waals surface area contributed by atoms with Gasteiger partial charge < -0.3 is 9.47 Å². The molecule has 7 heteroatoms. The lowest BCUT2D eigenvalue weighted by atomic mass is 10.1. The first-order valence-electron chi connectivity index (χ1n) is 7.04. The molecule has 2 aromatic rings. The van der Waals surface area contributed by atoms with E-state index in [0.29, 0.717) is 30.1 Å². The summed E-state index contributed by atoms with van der Waals surface area (Å²) in [4.78, 5) is 2.70. The summed E-state index contributed by atoms with van der Waals surface area (Å²) in [5, 5.41) is 3.48. The number of hydrogen-bond acceptors (Lipinski definition) is 3. The predicted octanol–water partition coefficient (Wildman–Crippen LogP) is 4.78. The third kappa shape index (κ3) is 3.41. The van der Waals surface area contributed by atoms with E-state index in [1.54, 1.807) is 6.07 Å². The first kappa shape index (κ1) is 15.6. The van der Waals surface area contributed by atoms with Crippen molar-refractivity contribution in [3.8, 4) is 11.5 Å². The first-order valence-corrected chi connectivity index (χ1v) is 7.83. The van der Waals surface area contributed by atoms with Gasteiger partial charge in [0.25, 0.3) is 0 Å². The molecule has 0 N–H and O–H groups in total. The maximum absolute atomic E-state index is 14.5. The maximum atomic E-state index is 14.5. The summed E-state index contributed by atoms with van der Waals surface area (Å²) >= 11 is 3.24. The van der Waals surface area contributed by atoms with Gasteiger partial charge in [-0.1, -0.05) is 35.4 Å². The Morgan fingerprint density at radius 3 is 2.91 bits per heavy atom. The molecule has 0 aliphatic carbocycles. The Morgan fingerprint density at radius 2 is 2.17 bits per heavy atom. The minimum Gasteiger partial charge on any atom is -0.489 e. The lowest BCUT2D eigenvalue weighted by molar-refractivity contribution is 0.239. The van der Waals surface area contributed by atoms with E-state index < -0.39 is 5.82 Å². The van der Waals surface area contributed by atoms with E-state index in [9.17, 15) is 4.39 Å². The quantitative estimate of drug-likeness (QED) is 0.427. The number of azide groups is 1. The van der Waals surface area contributed by atoms with E-state index in [-0.39, 0.29) is 17.1 Å². The summed E-state index contributed by atoms with van der Waals surface area (Å²) in [6.45, 7) is 0.502. The van der Waals surface area contributed by atoms with Crippen LogP contribution < -0.4 is 9.47 Å². The second-order valence-corrected chi connectivity index (χ2v) is 5.90. The van der Waals surface area contributed by atoms with Gasteiger partial charge in [0.2, 0.25) is 0 Å². The number of rotatable bonds is 5. The van der Waals surface area contributed by atoms with E-state index in [1.807, 2.05) is 30.3 Å². The van der Waals surface area contributed by atoms with Gasteiger partial charge >= 0.3 is 0 Å². The fraction of sp³-hybridized carbons (Fsp3) is 0.250. The van der Waals surface area contributed by atoms with Crippen LogP contribution in [0, 0.1) is 5.82 Å². The average Bonchev–Trinajstić information content (AvgIpc) is 2.99. The topological polar surface area (TPSA) is 67.2 Å². The molecule has 23 heavy (non-hydrogen) atoms. The summed E-state index contributed by atoms with van der Waals surface area (Å²) in [5.41, 5.74) is 9.83. The van der Waals surface area contributed by atoms with E-state index >= 15 is 0 Å². The van der Waals surface area contributed by atoms with Crippen molar-refractivity contribution in [1.29, 1.82) is 0 Å². The molecule has 0 bridgehead atoms. The Labute approximate surface area is 140 Å². The van der Waals surface area contributed by atoms with Crippen molar-refractivity contribution in [3.63, 3.8) is 0 Å². The van der Waals surface area contributed by atoms with Gasteiger partial charge in [-0.25, -0.2) is 4.39 Å². The molecule has 0 saturated heterocycles. The highest BCUT2D eigenvalue weighted by atomic mass is 79.9. The van der Waals surface area contributed by atoms with Gasteiger partial charge in [-0.2, -0.15) is 0 Å². The van der Waals surface area contributed by atoms with Crippen molar-refractivity contribution in [2.24, 2.45) is 5.11 Å². The van der Waals surface area contributed by atoms with Gasteiger partial charge in [-0.3, -0.25) is 0 Å². The zero-order chi connectivity index (χ0) is 16.2. The summed E-state index contributed by atoms with van der Waals surface area (Å²) in [6, 6.07) is 11.3. The van der Waals surface area contributed by atoms with Crippen LogP contribution in [0.3, 0.4) is 0 Å². The van der Waals surface area contributed by atoms with Crippen molar-refractivity contribution in [3.05, 3.63) is 68.3 Å². The minimum atomic E-state index is -0.394. The maximum Gasteiger partial charge on any atom is 0.148 e. The molecule has 0 fully saturated rings. The minimum absolute atomic E-state index is 0.169. The molecule has 0 radical (unpaired) electrons. The molecule has 0 saturated carbocycles. The second-order valence-electron chi connectivity index (χ2n) is 5.11. The highest BCUT2D eigenvalue weighted by molar-refractivity contribution is 9.10. The van der Waals surface area contributed by atoms with Gasteiger partial charge in [-0.05, 0) is 27.0 Å². The molecule has 3 rings (SSSR count). The number of nitrogens with zero attached hydrogens (tertiary/aromatic N) is 3. The zero-order valence-corrected chi connectivity index (χ0v) is 13.7. The average molecular weight is 378 g/mol. The van der Waals surface area contributed by atoms with Crippen LogP contribution in [0.25, 0.3) is 10.4 Å². The third-order valence-electron chi connectivity index (χ3n) is 3.54. The largest absolute Gasteiger partial charge is 0.489 e. The van der Waals surface area contributed by atoms with Gasteiger partial charge in [-0.15, -0.1) is 0 Å². The van der Waals surface area contributed by atoms with Crippen LogP contribution in [-0.2, 0) is 13.0 Å². The van der Waals surface area contributed by atoms with Crippen LogP contribution in [0.15, 0.2) is 46.0 Å². The summed E-state index contributed by atoms with van der Waals surface area (Å²) in [7, 11) is 0. The molecule has 1 aliphatic rings. The van der Waals surface area contributed by atoms with Crippen molar-refractivity contribution in [2.45, 2.75) is 19.1 Å². The molecule has 118 valence electrons. The lowest BCUT2D eigenvalue weighted by Crippen LogP contribution is -2.16. The van der Waals surface area contributed by atoms with Crippen molar-refractivity contribution >= 4 is 15.9 Å². The standard InChI is InChI=1S/C16H13BrFN3O2/c17-15-14(22-9-10-4-2-1-3-5-10)7-13-12(16(15)18)6-11(23-13)8-20-21-19/h1-5,7,11H,6,8-9H2/t11-/m1/s1. The van der Waals surface area contributed by atoms with Crippen molar-refractivity contribution in [1.82, 2.24) is 0 Å². The first-order chi connectivity index (χ1) is 11.2. The summed E-state index contributed by atoms with van der Waals surface area (Å²) in [5.74, 6) is 0.426. The van der Waals surface area contributed by atoms with Gasteiger partial charge in [0.05, 0.1) is 11.0 Å². The third-order valence-corrected chi connectivity index (χ3v) is 4.28. The predicted molar refractivity (Wildman–Crippen MR) is 87.0 cm³/mol. The van der Waals surface area contributed by atoms with Gasteiger partial charge in [0.15, 0.2) is 0 Å². The highest BCUT2D eigenvalue weighted by Gasteiger charge is 2.28. The van der Waals surface area contributed by atoms with Crippen LogP contribution in [-0.4, -0.2) is 12.6 Å². The Kier molecular flexibility index (Phi) is 4.69. The molecular weight excluding hydrogens is 365 g/mol. The van der Waals surface area contributed by atoms with Gasteiger partial charge in [0.1, 0.15) is 30.0 Å². The van der Waals surface area contributed by atoms with Crippen molar-refractivity contribution in [2.75, 3.05) is 6.54 Å². The highest BCUT2D eigenvalue weighted by Crippen LogP contribution is 2.41. The van der Waals surface area contributed by atoms with E-state index in [0.717, 1.165) is 5.56 Å². The molecular formula is C16H13BrFN3O2. The fourth-order valence-corrected chi connectivity index (χ4v) is 2.90. The molecule has 1 atom stereocenters. The molecule has 0 unspecified atom stereocenters. The zero-order valence-electron chi connectivity index (χ0n) is 12.1. The van der Waals surface area contributed by atoms with Crippen molar-refractivity contribution < 1.29 is 13.9 Å². The molecule has 1 aliphatic heterocycles. The van der Waals surface area contributed by atoms with Crippen LogP contribution in [0.5, 0.6) is 11.5 Å². The van der Waals surface area contributed by atoms with E-state index in [2.05, 4.69) is 26.0 Å². The van der Waals surface area contributed by atoms with E-state index in [1.165, 1.54) is 0 Å². The Hall–Kier alpha value is -2.24. The number of halogens is 2. The van der Waals surface area contributed by atoms with Crippen LogP contribution in [0.1, 0.15) is 11.1 Å². The van der Waals surface area contributed by atoms with Crippen LogP contribution >= 0.6 is 15.9 Å². The SMILES string of the molecule is [N-]=[N+]=NC[C@H]1Cc2c(cc(OCc3ccccc3)c(Br)c2F)O1. The number of hydrogen-bond donors (Lipinski definition) is 0. The van der Waals surface area contributed by atoms with Crippen LogP contribution in [0.4, 0.5) is 4.39 Å².